The van der Waals surface area contributed by atoms with Crippen LogP contribution in [0.3, 0.4) is 0 Å². The van der Waals surface area contributed by atoms with Crippen LogP contribution in [0.25, 0.3) is 0 Å². The number of aliphatic hydroxyl groups excluding tert-OH is 1. The summed E-state index contributed by atoms with van der Waals surface area (Å²) in [5.74, 6) is 0.144. The molecule has 0 spiro atoms. The Kier molecular flexibility index (Phi) is 5.78. The van der Waals surface area contributed by atoms with Crippen molar-refractivity contribution in [3.8, 4) is 0 Å². The molecule has 0 fully saturated rings. The van der Waals surface area contributed by atoms with Gasteiger partial charge in [0.25, 0.3) is 0 Å². The summed E-state index contributed by atoms with van der Waals surface area (Å²) in [6.07, 6.45) is 1.21. The molecule has 3 N–H and O–H groups in total. The zero-order chi connectivity index (χ0) is 13.6. The number of benzene rings is 1. The molecule has 18 heavy (non-hydrogen) atoms. The monoisotopic (exact) mass is 271 g/mol. The molecule has 0 aliphatic carbocycles. The van der Waals surface area contributed by atoms with Gasteiger partial charge in [-0.25, -0.2) is 8.42 Å². The summed E-state index contributed by atoms with van der Waals surface area (Å²) in [5.41, 5.74) is 6.42. The number of hydrogen-bond acceptors (Lipinski definition) is 4. The first kappa shape index (κ1) is 15.1. The van der Waals surface area contributed by atoms with Gasteiger partial charge >= 0.3 is 0 Å². The second-order valence-electron chi connectivity index (χ2n) is 4.45. The lowest BCUT2D eigenvalue weighted by Crippen LogP contribution is -2.20. The predicted octanol–water partition coefficient (Wildman–Crippen LogP) is 0.980. The minimum absolute atomic E-state index is 0.0163. The normalized spacial score (nSPS) is 13.5. The highest BCUT2D eigenvalue weighted by molar-refractivity contribution is 7.91. The highest BCUT2D eigenvalue weighted by Crippen LogP contribution is 2.16. The molecule has 0 amide bonds. The van der Waals surface area contributed by atoms with Crippen LogP contribution >= 0.6 is 0 Å². The van der Waals surface area contributed by atoms with Crippen LogP contribution < -0.4 is 5.73 Å². The fraction of sp³-hybridized carbons (Fsp3) is 0.538. The predicted molar refractivity (Wildman–Crippen MR) is 72.1 cm³/mol. The SMILES string of the molecule is CCCS(=O)(=O)c1cccc(CC(CN)CO)c1. The van der Waals surface area contributed by atoms with Gasteiger partial charge < -0.3 is 10.8 Å². The van der Waals surface area contributed by atoms with Gasteiger partial charge in [0.2, 0.25) is 0 Å². The van der Waals surface area contributed by atoms with E-state index in [1.165, 1.54) is 0 Å². The molecule has 0 radical (unpaired) electrons. The Morgan fingerprint density at radius 1 is 1.39 bits per heavy atom. The van der Waals surface area contributed by atoms with Crippen LogP contribution in [0.4, 0.5) is 0 Å². The minimum Gasteiger partial charge on any atom is -0.396 e. The third kappa shape index (κ3) is 4.08. The summed E-state index contributed by atoms with van der Waals surface area (Å²) in [5, 5.41) is 9.10. The Balaban J connectivity index is 2.92. The maximum Gasteiger partial charge on any atom is 0.178 e. The quantitative estimate of drug-likeness (QED) is 0.774. The van der Waals surface area contributed by atoms with Gasteiger partial charge in [0.1, 0.15) is 0 Å². The van der Waals surface area contributed by atoms with E-state index in [4.69, 9.17) is 10.8 Å². The average Bonchev–Trinajstić information content (AvgIpc) is 2.36. The van der Waals surface area contributed by atoms with E-state index in [9.17, 15) is 8.42 Å². The van der Waals surface area contributed by atoms with Crippen LogP contribution in [0.2, 0.25) is 0 Å². The van der Waals surface area contributed by atoms with Crippen molar-refractivity contribution in [3.63, 3.8) is 0 Å². The van der Waals surface area contributed by atoms with E-state index in [0.717, 1.165) is 5.56 Å². The Labute approximate surface area is 109 Å². The summed E-state index contributed by atoms with van der Waals surface area (Å²) in [6, 6.07) is 6.90. The first-order valence-corrected chi connectivity index (χ1v) is 7.81. The van der Waals surface area contributed by atoms with Crippen LogP contribution in [0.1, 0.15) is 18.9 Å². The van der Waals surface area contributed by atoms with Crippen molar-refractivity contribution in [3.05, 3.63) is 29.8 Å². The molecule has 4 nitrogen and oxygen atoms in total. The van der Waals surface area contributed by atoms with Crippen molar-refractivity contribution in [1.29, 1.82) is 0 Å². The van der Waals surface area contributed by atoms with Crippen molar-refractivity contribution in [2.45, 2.75) is 24.7 Å². The molecule has 1 aromatic carbocycles. The first-order valence-electron chi connectivity index (χ1n) is 6.16. The average molecular weight is 271 g/mol. The number of aliphatic hydroxyl groups is 1. The Bertz CT molecular complexity index is 467. The van der Waals surface area contributed by atoms with Gasteiger partial charge in [-0.2, -0.15) is 0 Å². The van der Waals surface area contributed by atoms with Crippen molar-refractivity contribution in [1.82, 2.24) is 0 Å². The van der Waals surface area contributed by atoms with Gasteiger partial charge in [-0.15, -0.1) is 0 Å². The van der Waals surface area contributed by atoms with Crippen molar-refractivity contribution >= 4 is 9.84 Å². The number of hydrogen-bond donors (Lipinski definition) is 2. The maximum absolute atomic E-state index is 11.9. The standard InChI is InChI=1S/C13H21NO3S/c1-2-6-18(16,17)13-5-3-4-11(8-13)7-12(9-14)10-15/h3-5,8,12,15H,2,6-7,9-10,14H2,1H3. The minimum atomic E-state index is -3.18. The van der Waals surface area contributed by atoms with E-state index in [1.54, 1.807) is 18.2 Å². The van der Waals surface area contributed by atoms with Crippen molar-refractivity contribution in [2.24, 2.45) is 11.7 Å². The van der Waals surface area contributed by atoms with E-state index < -0.39 is 9.84 Å². The van der Waals surface area contributed by atoms with Crippen molar-refractivity contribution < 1.29 is 13.5 Å². The lowest BCUT2D eigenvalue weighted by Gasteiger charge is -2.12. The molecule has 1 unspecified atom stereocenters. The summed E-state index contributed by atoms with van der Waals surface area (Å²) < 4.78 is 23.9. The molecule has 0 aliphatic rings. The van der Waals surface area contributed by atoms with Crippen LogP contribution in [-0.4, -0.2) is 32.4 Å². The van der Waals surface area contributed by atoms with Gasteiger partial charge in [-0.3, -0.25) is 0 Å². The van der Waals surface area contributed by atoms with Crippen LogP contribution in [0.5, 0.6) is 0 Å². The molecule has 0 aliphatic heterocycles. The summed E-state index contributed by atoms with van der Waals surface area (Å²) in [6.45, 7) is 2.25. The lowest BCUT2D eigenvalue weighted by molar-refractivity contribution is 0.230. The topological polar surface area (TPSA) is 80.4 Å². The molecule has 0 saturated heterocycles. The van der Waals surface area contributed by atoms with E-state index in [0.29, 0.717) is 24.3 Å². The summed E-state index contributed by atoms with van der Waals surface area (Å²) >= 11 is 0. The van der Waals surface area contributed by atoms with Crippen LogP contribution in [0.15, 0.2) is 29.2 Å². The first-order chi connectivity index (χ1) is 8.53. The maximum atomic E-state index is 11.9. The summed E-state index contributed by atoms with van der Waals surface area (Å²) in [4.78, 5) is 0.357. The van der Waals surface area contributed by atoms with E-state index in [2.05, 4.69) is 0 Å². The zero-order valence-corrected chi connectivity index (χ0v) is 11.5. The smallest absolute Gasteiger partial charge is 0.178 e. The molecule has 5 heteroatoms. The van der Waals surface area contributed by atoms with E-state index in [-0.39, 0.29) is 18.3 Å². The number of rotatable bonds is 7. The molecular formula is C13H21NO3S. The Hall–Kier alpha value is -0.910. The highest BCUT2D eigenvalue weighted by Gasteiger charge is 2.14. The van der Waals surface area contributed by atoms with Crippen LogP contribution in [0, 0.1) is 5.92 Å². The molecule has 0 bridgehead atoms. The van der Waals surface area contributed by atoms with Crippen molar-refractivity contribution in [2.75, 3.05) is 18.9 Å². The third-order valence-corrected chi connectivity index (χ3v) is 4.76. The lowest BCUT2D eigenvalue weighted by atomic mass is 10.0. The molecule has 0 saturated carbocycles. The second-order valence-corrected chi connectivity index (χ2v) is 6.56. The number of sulfone groups is 1. The molecule has 0 aromatic heterocycles. The van der Waals surface area contributed by atoms with E-state index >= 15 is 0 Å². The second kappa shape index (κ2) is 6.87. The molecule has 1 atom stereocenters. The van der Waals surface area contributed by atoms with Gasteiger partial charge in [0.05, 0.1) is 10.6 Å². The van der Waals surface area contributed by atoms with E-state index in [1.807, 2.05) is 13.0 Å². The zero-order valence-electron chi connectivity index (χ0n) is 10.7. The fourth-order valence-corrected chi connectivity index (χ4v) is 3.20. The largest absolute Gasteiger partial charge is 0.396 e. The van der Waals surface area contributed by atoms with Gasteiger partial charge in [0, 0.05) is 6.61 Å². The van der Waals surface area contributed by atoms with Crippen LogP contribution in [-0.2, 0) is 16.3 Å². The highest BCUT2D eigenvalue weighted by atomic mass is 32.2. The third-order valence-electron chi connectivity index (χ3n) is 2.85. The summed E-state index contributed by atoms with van der Waals surface area (Å²) in [7, 11) is -3.18. The van der Waals surface area contributed by atoms with Gasteiger partial charge in [-0.05, 0) is 43.0 Å². The molecule has 1 rings (SSSR count). The Morgan fingerprint density at radius 3 is 2.67 bits per heavy atom. The molecule has 0 heterocycles. The fourth-order valence-electron chi connectivity index (χ4n) is 1.81. The molecule has 1 aromatic rings. The molecule has 102 valence electrons. The number of nitrogens with two attached hydrogens (primary N) is 1. The van der Waals surface area contributed by atoms with Gasteiger partial charge in [0.15, 0.2) is 9.84 Å². The Morgan fingerprint density at radius 2 is 2.11 bits per heavy atom. The molecular weight excluding hydrogens is 250 g/mol. The van der Waals surface area contributed by atoms with Gasteiger partial charge in [-0.1, -0.05) is 19.1 Å².